The Morgan fingerprint density at radius 3 is 2.38 bits per heavy atom. The van der Waals surface area contributed by atoms with Crippen LogP contribution in [0.1, 0.15) is 30.1 Å². The Bertz CT molecular complexity index is 1100. The van der Waals surface area contributed by atoms with Crippen molar-refractivity contribution in [2.24, 2.45) is 5.92 Å². The van der Waals surface area contributed by atoms with Gasteiger partial charge in [0.1, 0.15) is 4.90 Å². The van der Waals surface area contributed by atoms with Gasteiger partial charge in [-0.2, -0.15) is 4.31 Å². The zero-order valence-corrected chi connectivity index (χ0v) is 20.3. The van der Waals surface area contributed by atoms with Gasteiger partial charge < -0.3 is 9.80 Å². The van der Waals surface area contributed by atoms with Gasteiger partial charge in [-0.15, -0.1) is 0 Å². The van der Waals surface area contributed by atoms with Gasteiger partial charge in [0.05, 0.1) is 15.7 Å². The quantitative estimate of drug-likeness (QED) is 0.631. The van der Waals surface area contributed by atoms with E-state index in [2.05, 4.69) is 4.90 Å². The molecule has 1 unspecified atom stereocenters. The van der Waals surface area contributed by atoms with E-state index in [0.717, 1.165) is 18.5 Å². The maximum Gasteiger partial charge on any atom is 0.254 e. The molecule has 0 saturated carbocycles. The number of benzene rings is 2. The van der Waals surface area contributed by atoms with Gasteiger partial charge in [0.25, 0.3) is 5.91 Å². The van der Waals surface area contributed by atoms with E-state index in [9.17, 15) is 13.2 Å². The number of carbonyl (C=O) groups excluding carboxylic acids is 1. The van der Waals surface area contributed by atoms with Crippen molar-refractivity contribution in [3.8, 4) is 0 Å². The van der Waals surface area contributed by atoms with Crippen molar-refractivity contribution in [1.82, 2.24) is 9.21 Å². The van der Waals surface area contributed by atoms with Gasteiger partial charge in [-0.1, -0.05) is 42.3 Å². The van der Waals surface area contributed by atoms with Crippen LogP contribution >= 0.6 is 23.2 Å². The Morgan fingerprint density at radius 2 is 1.69 bits per heavy atom. The molecule has 0 bridgehead atoms. The number of hydrogen-bond donors (Lipinski definition) is 0. The lowest BCUT2D eigenvalue weighted by Gasteiger charge is -2.36. The lowest BCUT2D eigenvalue weighted by molar-refractivity contribution is 0.0746. The van der Waals surface area contributed by atoms with E-state index in [0.29, 0.717) is 55.8 Å². The minimum absolute atomic E-state index is 0.00817. The fraction of sp³-hybridized carbons (Fsp3) is 0.435. The first kappa shape index (κ1) is 23.4. The van der Waals surface area contributed by atoms with Crippen LogP contribution in [0.3, 0.4) is 0 Å². The molecule has 2 heterocycles. The highest BCUT2D eigenvalue weighted by molar-refractivity contribution is 7.89. The standard InChI is InChI=1S/C23H27Cl2N3O3S/c1-17-5-4-10-28(16-17)32(30,31)22-15-18(8-9-20(22)25)23(29)27-13-11-26(12-14-27)21-7-3-2-6-19(21)24/h2-3,6-9,15,17H,4-5,10-14,16H2,1H3. The molecule has 1 atom stereocenters. The monoisotopic (exact) mass is 495 g/mol. The normalized spacial score (nSPS) is 20.4. The molecule has 0 aromatic heterocycles. The summed E-state index contributed by atoms with van der Waals surface area (Å²) in [6.45, 7) is 5.36. The molecule has 32 heavy (non-hydrogen) atoms. The molecule has 2 saturated heterocycles. The second kappa shape index (κ2) is 9.59. The molecule has 4 rings (SSSR count). The fourth-order valence-corrected chi connectivity index (χ4v) is 6.73. The molecule has 6 nitrogen and oxygen atoms in total. The molecule has 0 spiro atoms. The predicted molar refractivity (Wildman–Crippen MR) is 128 cm³/mol. The second-order valence-electron chi connectivity index (χ2n) is 8.49. The zero-order chi connectivity index (χ0) is 22.9. The maximum atomic E-state index is 13.2. The van der Waals surface area contributed by atoms with Crippen LogP contribution < -0.4 is 4.90 Å². The number of piperazine rings is 1. The van der Waals surface area contributed by atoms with Crippen LogP contribution in [0.5, 0.6) is 0 Å². The highest BCUT2D eigenvalue weighted by atomic mass is 35.5. The van der Waals surface area contributed by atoms with Crippen molar-refractivity contribution in [2.45, 2.75) is 24.7 Å². The Kier molecular flexibility index (Phi) is 7.00. The fourth-order valence-electron chi connectivity index (χ4n) is 4.38. The molecule has 2 aliphatic rings. The van der Waals surface area contributed by atoms with Gasteiger partial charge >= 0.3 is 0 Å². The number of amides is 1. The summed E-state index contributed by atoms with van der Waals surface area (Å²) in [5.41, 5.74) is 1.29. The van der Waals surface area contributed by atoms with E-state index in [-0.39, 0.29) is 15.8 Å². The minimum atomic E-state index is -3.75. The summed E-state index contributed by atoms with van der Waals surface area (Å²) in [6, 6.07) is 12.2. The molecule has 0 radical (unpaired) electrons. The molecule has 2 fully saturated rings. The average molecular weight is 496 g/mol. The topological polar surface area (TPSA) is 60.9 Å². The number of carbonyl (C=O) groups is 1. The molecule has 2 aliphatic heterocycles. The summed E-state index contributed by atoms with van der Waals surface area (Å²) in [5, 5.41) is 0.829. The van der Waals surface area contributed by atoms with Crippen LogP contribution in [0.25, 0.3) is 0 Å². The van der Waals surface area contributed by atoms with Crippen molar-refractivity contribution in [1.29, 1.82) is 0 Å². The molecular formula is C23H27Cl2N3O3S. The third-order valence-electron chi connectivity index (χ3n) is 6.18. The first-order valence-corrected chi connectivity index (χ1v) is 13.1. The van der Waals surface area contributed by atoms with Gasteiger partial charge in [0, 0.05) is 44.8 Å². The summed E-state index contributed by atoms with van der Waals surface area (Å²) in [7, 11) is -3.75. The Hall–Kier alpha value is -1.80. The molecule has 172 valence electrons. The van der Waals surface area contributed by atoms with Crippen LogP contribution in [0.4, 0.5) is 5.69 Å². The third-order valence-corrected chi connectivity index (χ3v) is 8.84. The first-order chi connectivity index (χ1) is 15.3. The Balaban J connectivity index is 1.50. The van der Waals surface area contributed by atoms with Crippen molar-refractivity contribution in [2.75, 3.05) is 44.2 Å². The van der Waals surface area contributed by atoms with Crippen LogP contribution in [0.15, 0.2) is 47.4 Å². The Labute approximate surface area is 199 Å². The second-order valence-corrected chi connectivity index (χ2v) is 11.2. The molecule has 0 N–H and O–H groups in total. The van der Waals surface area contributed by atoms with Gasteiger partial charge in [-0.3, -0.25) is 4.79 Å². The number of anilines is 1. The largest absolute Gasteiger partial charge is 0.367 e. The van der Waals surface area contributed by atoms with Crippen LogP contribution in [-0.4, -0.2) is 62.8 Å². The third kappa shape index (κ3) is 4.76. The summed E-state index contributed by atoms with van der Waals surface area (Å²) >= 11 is 12.6. The average Bonchev–Trinajstić information content (AvgIpc) is 2.79. The number of hydrogen-bond acceptors (Lipinski definition) is 4. The van der Waals surface area contributed by atoms with Crippen LogP contribution in [0, 0.1) is 5.92 Å². The lowest BCUT2D eigenvalue weighted by atomic mass is 10.0. The number of nitrogens with zero attached hydrogens (tertiary/aromatic N) is 3. The molecule has 2 aromatic carbocycles. The van der Waals surface area contributed by atoms with Crippen LogP contribution in [0.2, 0.25) is 10.0 Å². The highest BCUT2D eigenvalue weighted by Gasteiger charge is 2.31. The maximum absolute atomic E-state index is 13.2. The molecule has 1 amide bonds. The van der Waals surface area contributed by atoms with E-state index in [1.165, 1.54) is 16.4 Å². The zero-order valence-electron chi connectivity index (χ0n) is 18.0. The first-order valence-electron chi connectivity index (χ1n) is 10.9. The molecule has 0 aliphatic carbocycles. The van der Waals surface area contributed by atoms with E-state index < -0.39 is 10.0 Å². The summed E-state index contributed by atoms with van der Waals surface area (Å²) in [4.78, 5) is 17.1. The SMILES string of the molecule is CC1CCCN(S(=O)(=O)c2cc(C(=O)N3CCN(c4ccccc4Cl)CC3)ccc2Cl)C1. The molecule has 9 heteroatoms. The summed E-state index contributed by atoms with van der Waals surface area (Å²) < 4.78 is 28.0. The molecule has 2 aromatic rings. The molecular weight excluding hydrogens is 469 g/mol. The van der Waals surface area contributed by atoms with E-state index in [4.69, 9.17) is 23.2 Å². The number of piperidine rings is 1. The van der Waals surface area contributed by atoms with Crippen LogP contribution in [-0.2, 0) is 10.0 Å². The van der Waals surface area contributed by atoms with Crippen molar-refractivity contribution < 1.29 is 13.2 Å². The van der Waals surface area contributed by atoms with E-state index in [1.54, 1.807) is 11.0 Å². The minimum Gasteiger partial charge on any atom is -0.367 e. The van der Waals surface area contributed by atoms with Crippen molar-refractivity contribution >= 4 is 44.8 Å². The lowest BCUT2D eigenvalue weighted by Crippen LogP contribution is -2.49. The van der Waals surface area contributed by atoms with Gasteiger partial charge in [-0.25, -0.2) is 8.42 Å². The van der Waals surface area contributed by atoms with E-state index >= 15 is 0 Å². The summed E-state index contributed by atoms with van der Waals surface area (Å²) in [5.74, 6) is 0.112. The highest BCUT2D eigenvalue weighted by Crippen LogP contribution is 2.30. The smallest absolute Gasteiger partial charge is 0.254 e. The van der Waals surface area contributed by atoms with E-state index in [1.807, 2.05) is 31.2 Å². The van der Waals surface area contributed by atoms with Crippen molar-refractivity contribution in [3.63, 3.8) is 0 Å². The predicted octanol–water partition coefficient (Wildman–Crippen LogP) is 4.38. The number of halogens is 2. The van der Waals surface area contributed by atoms with Crippen molar-refractivity contribution in [3.05, 3.63) is 58.1 Å². The summed E-state index contributed by atoms with van der Waals surface area (Å²) in [6.07, 6.45) is 1.84. The number of rotatable bonds is 4. The van der Waals surface area contributed by atoms with Gasteiger partial charge in [0.15, 0.2) is 0 Å². The number of sulfonamides is 1. The Morgan fingerprint density at radius 1 is 0.969 bits per heavy atom. The van der Waals surface area contributed by atoms with Gasteiger partial charge in [-0.05, 0) is 49.1 Å². The number of para-hydroxylation sites is 1. The van der Waals surface area contributed by atoms with Gasteiger partial charge in [0.2, 0.25) is 10.0 Å².